The Morgan fingerprint density at radius 1 is 0.676 bits per heavy atom. The monoisotopic (exact) mass is 444 g/mol. The molecule has 34 heavy (non-hydrogen) atoms. The number of aryl methyl sites for hydroxylation is 1. The maximum absolute atomic E-state index is 3.68. The summed E-state index contributed by atoms with van der Waals surface area (Å²) < 4.78 is 0. The van der Waals surface area contributed by atoms with Gasteiger partial charge in [0, 0.05) is 0 Å². The van der Waals surface area contributed by atoms with Gasteiger partial charge in [-0.3, -0.25) is 10.4 Å². The molecule has 4 aromatic rings. The third-order valence-electron chi connectivity index (χ3n) is 6.51. The van der Waals surface area contributed by atoms with Crippen LogP contribution in [-0.2, 0) is 6.42 Å². The van der Waals surface area contributed by atoms with Crippen LogP contribution in [0.1, 0.15) is 43.0 Å². The molecule has 1 aliphatic heterocycles. The summed E-state index contributed by atoms with van der Waals surface area (Å²) in [6.45, 7) is 4.57. The van der Waals surface area contributed by atoms with Gasteiger partial charge in [0.05, 0.1) is 17.4 Å². The van der Waals surface area contributed by atoms with Crippen LogP contribution in [-0.4, -0.2) is 0 Å². The van der Waals surface area contributed by atoms with Crippen molar-refractivity contribution in [3.05, 3.63) is 132 Å². The van der Waals surface area contributed by atoms with Gasteiger partial charge >= 0.3 is 0 Å². The van der Waals surface area contributed by atoms with E-state index in [9.17, 15) is 0 Å². The fourth-order valence-electron chi connectivity index (χ4n) is 4.50. The molecular weight excluding hydrogens is 412 g/mol. The molecule has 4 aromatic carbocycles. The van der Waals surface area contributed by atoms with E-state index in [0.29, 0.717) is 0 Å². The Hall–Kier alpha value is -3.78. The van der Waals surface area contributed by atoms with E-state index in [2.05, 4.69) is 140 Å². The lowest BCUT2D eigenvalue weighted by molar-refractivity contribution is 0.586. The minimum absolute atomic E-state index is 0.130. The van der Waals surface area contributed by atoms with Gasteiger partial charge in [0.2, 0.25) is 0 Å². The molecule has 170 valence electrons. The van der Waals surface area contributed by atoms with Crippen LogP contribution in [0.4, 0.5) is 5.69 Å². The maximum atomic E-state index is 3.68. The van der Waals surface area contributed by atoms with Gasteiger partial charge in [0.25, 0.3) is 0 Å². The Kier molecular flexibility index (Phi) is 6.49. The van der Waals surface area contributed by atoms with E-state index >= 15 is 0 Å². The molecule has 1 N–H and O–H groups in total. The first kappa shape index (κ1) is 22.0. The van der Waals surface area contributed by atoms with Crippen LogP contribution in [0, 0.1) is 5.92 Å². The van der Waals surface area contributed by atoms with Crippen molar-refractivity contribution in [2.45, 2.75) is 32.7 Å². The number of para-hydroxylation sites is 1. The van der Waals surface area contributed by atoms with Crippen molar-refractivity contribution < 1.29 is 0 Å². The molecule has 0 bridgehead atoms. The SMILES string of the molecule is CC(C)CCc1ccc(C2C=C(c3ccc(-c4ccccc4)cc3)NN2c2ccccc2)cc1. The Morgan fingerprint density at radius 3 is 1.91 bits per heavy atom. The molecule has 0 fully saturated rings. The van der Waals surface area contributed by atoms with Crippen LogP contribution in [0.15, 0.2) is 115 Å². The number of hydrogen-bond donors (Lipinski definition) is 1. The van der Waals surface area contributed by atoms with Gasteiger partial charge < -0.3 is 0 Å². The second kappa shape index (κ2) is 10.0. The summed E-state index contributed by atoms with van der Waals surface area (Å²) in [4.78, 5) is 0. The second-order valence-electron chi connectivity index (χ2n) is 9.46. The van der Waals surface area contributed by atoms with Crippen LogP contribution >= 0.6 is 0 Å². The molecule has 1 unspecified atom stereocenters. The van der Waals surface area contributed by atoms with Gasteiger partial charge in [-0.15, -0.1) is 0 Å². The molecule has 0 aromatic heterocycles. The summed E-state index contributed by atoms with van der Waals surface area (Å²) in [5.41, 5.74) is 12.3. The molecule has 1 atom stereocenters. The Labute approximate surface area is 203 Å². The summed E-state index contributed by atoms with van der Waals surface area (Å²) in [6, 6.07) is 39.2. The van der Waals surface area contributed by atoms with E-state index in [1.807, 2.05) is 0 Å². The van der Waals surface area contributed by atoms with E-state index in [-0.39, 0.29) is 6.04 Å². The summed E-state index contributed by atoms with van der Waals surface area (Å²) in [5, 5.41) is 2.27. The number of nitrogens with one attached hydrogen (secondary N) is 1. The van der Waals surface area contributed by atoms with Crippen molar-refractivity contribution >= 4 is 11.4 Å². The highest BCUT2D eigenvalue weighted by atomic mass is 15.5. The molecule has 2 nitrogen and oxygen atoms in total. The van der Waals surface area contributed by atoms with Crippen LogP contribution < -0.4 is 10.4 Å². The van der Waals surface area contributed by atoms with E-state index in [4.69, 9.17) is 0 Å². The normalized spacial score (nSPS) is 15.3. The number of benzene rings is 4. The number of nitrogens with zero attached hydrogens (tertiary/aromatic N) is 1. The minimum Gasteiger partial charge on any atom is -0.297 e. The number of hydrazine groups is 1. The van der Waals surface area contributed by atoms with Gasteiger partial charge in [0.15, 0.2) is 0 Å². The molecular formula is C32H32N2. The van der Waals surface area contributed by atoms with Crippen molar-refractivity contribution in [2.75, 3.05) is 5.01 Å². The summed E-state index contributed by atoms with van der Waals surface area (Å²) in [5.74, 6) is 0.728. The smallest absolute Gasteiger partial charge is 0.0958 e. The van der Waals surface area contributed by atoms with Gasteiger partial charge in [-0.2, -0.15) is 0 Å². The summed E-state index contributed by atoms with van der Waals surface area (Å²) in [7, 11) is 0. The van der Waals surface area contributed by atoms with E-state index in [0.717, 1.165) is 23.7 Å². The quantitative estimate of drug-likeness (QED) is 0.310. The molecule has 5 rings (SSSR count). The fourth-order valence-corrected chi connectivity index (χ4v) is 4.50. The molecule has 1 heterocycles. The lowest BCUT2D eigenvalue weighted by Gasteiger charge is -2.27. The number of rotatable bonds is 7. The van der Waals surface area contributed by atoms with Crippen molar-refractivity contribution in [1.29, 1.82) is 0 Å². The Bertz CT molecular complexity index is 1220. The molecule has 0 saturated heterocycles. The molecule has 0 radical (unpaired) electrons. The summed E-state index contributed by atoms with van der Waals surface area (Å²) in [6.07, 6.45) is 4.70. The topological polar surface area (TPSA) is 15.3 Å². The van der Waals surface area contributed by atoms with Crippen molar-refractivity contribution in [2.24, 2.45) is 5.92 Å². The third kappa shape index (κ3) is 4.92. The van der Waals surface area contributed by atoms with Crippen molar-refractivity contribution in [3.63, 3.8) is 0 Å². The minimum atomic E-state index is 0.130. The first-order valence-electron chi connectivity index (χ1n) is 12.2. The summed E-state index contributed by atoms with van der Waals surface area (Å²) >= 11 is 0. The Balaban J connectivity index is 1.43. The van der Waals surface area contributed by atoms with Gasteiger partial charge in [-0.05, 0) is 64.8 Å². The Morgan fingerprint density at radius 2 is 1.26 bits per heavy atom. The van der Waals surface area contributed by atoms with Gasteiger partial charge in [-0.1, -0.05) is 111 Å². The first-order valence-corrected chi connectivity index (χ1v) is 12.2. The molecule has 0 aliphatic carbocycles. The van der Waals surface area contributed by atoms with Gasteiger partial charge in [0.1, 0.15) is 0 Å². The average molecular weight is 445 g/mol. The predicted octanol–water partition coefficient (Wildman–Crippen LogP) is 8.05. The average Bonchev–Trinajstić information content (AvgIpc) is 3.34. The number of hydrogen-bond acceptors (Lipinski definition) is 2. The van der Waals surface area contributed by atoms with Crippen molar-refractivity contribution in [3.8, 4) is 11.1 Å². The van der Waals surface area contributed by atoms with E-state index in [1.54, 1.807) is 0 Å². The molecule has 0 saturated carbocycles. The van der Waals surface area contributed by atoms with Crippen molar-refractivity contribution in [1.82, 2.24) is 5.43 Å². The van der Waals surface area contributed by atoms with Crippen LogP contribution in [0.2, 0.25) is 0 Å². The molecule has 0 spiro atoms. The highest BCUT2D eigenvalue weighted by Gasteiger charge is 2.27. The first-order chi connectivity index (χ1) is 16.7. The third-order valence-corrected chi connectivity index (χ3v) is 6.51. The molecule has 2 heteroatoms. The zero-order valence-electron chi connectivity index (χ0n) is 20.0. The zero-order chi connectivity index (χ0) is 23.3. The van der Waals surface area contributed by atoms with E-state index < -0.39 is 0 Å². The molecule has 1 aliphatic rings. The highest BCUT2D eigenvalue weighted by Crippen LogP contribution is 2.35. The zero-order valence-corrected chi connectivity index (χ0v) is 20.0. The van der Waals surface area contributed by atoms with Crippen LogP contribution in [0.3, 0.4) is 0 Å². The van der Waals surface area contributed by atoms with Crippen LogP contribution in [0.25, 0.3) is 16.8 Å². The lowest BCUT2D eigenvalue weighted by Crippen LogP contribution is -2.33. The van der Waals surface area contributed by atoms with Gasteiger partial charge in [-0.25, -0.2) is 0 Å². The van der Waals surface area contributed by atoms with Crippen LogP contribution in [0.5, 0.6) is 0 Å². The fraction of sp³-hybridized carbons (Fsp3) is 0.188. The largest absolute Gasteiger partial charge is 0.297 e. The molecule has 0 amide bonds. The maximum Gasteiger partial charge on any atom is 0.0958 e. The number of anilines is 1. The highest BCUT2D eigenvalue weighted by molar-refractivity contribution is 5.74. The van der Waals surface area contributed by atoms with E-state index in [1.165, 1.54) is 34.2 Å². The second-order valence-corrected chi connectivity index (χ2v) is 9.46. The lowest BCUT2D eigenvalue weighted by atomic mass is 9.98. The predicted molar refractivity (Wildman–Crippen MR) is 144 cm³/mol. The standard InChI is InChI=1S/C32H32N2/c1-24(2)13-14-25-15-17-29(18-16-25)32-23-31(33-34(32)30-11-7-4-8-12-30)28-21-19-27(20-22-28)26-9-5-3-6-10-26/h3-12,15-24,32-33H,13-14H2,1-2H3.